The maximum Gasteiger partial charge on any atom is 0.164 e. The van der Waals surface area contributed by atoms with Crippen molar-refractivity contribution in [3.63, 3.8) is 0 Å². The number of hydrogen-bond donors (Lipinski definition) is 0. The van der Waals surface area contributed by atoms with Gasteiger partial charge in [-0.3, -0.25) is 0 Å². The molecule has 0 aliphatic carbocycles. The molecule has 0 bridgehead atoms. The Labute approximate surface area is 250 Å². The van der Waals surface area contributed by atoms with Crippen molar-refractivity contribution in [2.24, 2.45) is 0 Å². The van der Waals surface area contributed by atoms with Gasteiger partial charge >= 0.3 is 0 Å². The Bertz CT molecular complexity index is 2130. The molecule has 0 spiro atoms. The van der Waals surface area contributed by atoms with Gasteiger partial charge in [0.2, 0.25) is 0 Å². The molecule has 2 aromatic heterocycles. The largest absolute Gasteiger partial charge is 0.309 e. The molecule has 0 aliphatic rings. The Balaban J connectivity index is 1.50. The number of aromatic nitrogens is 4. The molecule has 7 rings (SSSR count). The van der Waals surface area contributed by atoms with E-state index < -0.39 is 0 Å². The first kappa shape index (κ1) is 26.3. The number of rotatable bonds is 4. The minimum absolute atomic E-state index is 0.513. The molecule has 5 aromatic carbocycles. The summed E-state index contributed by atoms with van der Waals surface area (Å²) in [5.74, 6) is 1.77. The van der Waals surface area contributed by atoms with Crippen LogP contribution in [-0.4, -0.2) is 19.5 Å². The van der Waals surface area contributed by atoms with Crippen LogP contribution in [0.3, 0.4) is 0 Å². The SMILES string of the molecule is Cc1cccc(-c2ccc3c4ccc(-c5cccc(C)c5)cc4n(-c4ccc(-c5nc(C)nc(C)n5)c(C#N)c4)c3c2)c1. The van der Waals surface area contributed by atoms with Crippen molar-refractivity contribution in [3.05, 3.63) is 131 Å². The molecule has 0 radical (unpaired) electrons. The first-order valence-electron chi connectivity index (χ1n) is 14.3. The lowest BCUT2D eigenvalue weighted by Crippen LogP contribution is -2.01. The fraction of sp³-hybridized carbons (Fsp3) is 0.105. The topological polar surface area (TPSA) is 67.4 Å². The Hall–Kier alpha value is -5.60. The number of nitriles is 1. The molecule has 0 fully saturated rings. The second-order valence-corrected chi connectivity index (χ2v) is 11.1. The van der Waals surface area contributed by atoms with E-state index in [4.69, 9.17) is 0 Å². The van der Waals surface area contributed by atoms with Gasteiger partial charge in [0.05, 0.1) is 22.7 Å². The fourth-order valence-electron chi connectivity index (χ4n) is 6.00. The molecular weight excluding hydrogens is 526 g/mol. The zero-order valence-electron chi connectivity index (χ0n) is 24.6. The molecule has 0 saturated carbocycles. The van der Waals surface area contributed by atoms with E-state index in [0.29, 0.717) is 28.6 Å². The Morgan fingerprint density at radius 2 is 1.09 bits per heavy atom. The summed E-state index contributed by atoms with van der Waals surface area (Å²) in [5.41, 5.74) is 11.4. The van der Waals surface area contributed by atoms with Gasteiger partial charge in [0.15, 0.2) is 5.82 Å². The molecule has 0 atom stereocenters. The molecule has 0 unspecified atom stereocenters. The molecule has 43 heavy (non-hydrogen) atoms. The van der Waals surface area contributed by atoms with Gasteiger partial charge in [-0.2, -0.15) is 5.26 Å². The van der Waals surface area contributed by atoms with Crippen molar-refractivity contribution in [2.75, 3.05) is 0 Å². The van der Waals surface area contributed by atoms with Crippen molar-refractivity contribution >= 4 is 21.8 Å². The number of aryl methyl sites for hydroxylation is 4. The van der Waals surface area contributed by atoms with Crippen LogP contribution >= 0.6 is 0 Å². The molecule has 7 aromatic rings. The lowest BCUT2D eigenvalue weighted by atomic mass is 10.0. The van der Waals surface area contributed by atoms with Crippen LogP contribution in [-0.2, 0) is 0 Å². The molecule has 0 aliphatic heterocycles. The van der Waals surface area contributed by atoms with Crippen LogP contribution in [0.2, 0.25) is 0 Å². The lowest BCUT2D eigenvalue weighted by molar-refractivity contribution is 0.928. The van der Waals surface area contributed by atoms with E-state index in [1.165, 1.54) is 22.3 Å². The molecule has 5 nitrogen and oxygen atoms in total. The summed E-state index contributed by atoms with van der Waals surface area (Å²) >= 11 is 0. The third-order valence-corrected chi connectivity index (χ3v) is 7.95. The molecule has 5 heteroatoms. The van der Waals surface area contributed by atoms with Gasteiger partial charge in [-0.15, -0.1) is 0 Å². The highest BCUT2D eigenvalue weighted by Crippen LogP contribution is 2.38. The van der Waals surface area contributed by atoms with E-state index in [2.05, 4.69) is 130 Å². The quantitative estimate of drug-likeness (QED) is 0.217. The van der Waals surface area contributed by atoms with Gasteiger partial charge in [-0.05, 0) is 80.3 Å². The minimum atomic E-state index is 0.513. The highest BCUT2D eigenvalue weighted by atomic mass is 15.0. The van der Waals surface area contributed by atoms with Gasteiger partial charge in [-0.1, -0.05) is 83.9 Å². The number of benzene rings is 5. The van der Waals surface area contributed by atoms with E-state index in [1.807, 2.05) is 26.0 Å². The van der Waals surface area contributed by atoms with Crippen LogP contribution in [0.1, 0.15) is 28.3 Å². The number of hydrogen-bond acceptors (Lipinski definition) is 4. The summed E-state index contributed by atoms with van der Waals surface area (Å²) in [6, 6.07) is 38.9. The summed E-state index contributed by atoms with van der Waals surface area (Å²) in [5, 5.41) is 12.6. The summed E-state index contributed by atoms with van der Waals surface area (Å²) in [6.07, 6.45) is 0. The van der Waals surface area contributed by atoms with Crippen LogP contribution < -0.4 is 0 Å². The van der Waals surface area contributed by atoms with E-state index in [9.17, 15) is 5.26 Å². The number of fused-ring (bicyclic) bond motifs is 3. The Morgan fingerprint density at radius 3 is 1.60 bits per heavy atom. The van der Waals surface area contributed by atoms with Crippen LogP contribution in [0, 0.1) is 39.0 Å². The number of nitrogens with zero attached hydrogens (tertiary/aromatic N) is 5. The van der Waals surface area contributed by atoms with Gasteiger partial charge in [0.1, 0.15) is 11.6 Å². The lowest BCUT2D eigenvalue weighted by Gasteiger charge is -2.12. The highest BCUT2D eigenvalue weighted by Gasteiger charge is 2.17. The summed E-state index contributed by atoms with van der Waals surface area (Å²) < 4.78 is 2.28. The van der Waals surface area contributed by atoms with Crippen molar-refractivity contribution in [3.8, 4) is 45.4 Å². The second-order valence-electron chi connectivity index (χ2n) is 11.1. The molecule has 2 heterocycles. The van der Waals surface area contributed by atoms with Crippen molar-refractivity contribution in [1.29, 1.82) is 5.26 Å². The minimum Gasteiger partial charge on any atom is -0.309 e. The molecule has 0 saturated heterocycles. The summed E-state index contributed by atoms with van der Waals surface area (Å²) in [7, 11) is 0. The van der Waals surface area contributed by atoms with Gasteiger partial charge in [-0.25, -0.2) is 15.0 Å². The van der Waals surface area contributed by atoms with Crippen molar-refractivity contribution in [1.82, 2.24) is 19.5 Å². The van der Waals surface area contributed by atoms with Crippen LogP contribution in [0.25, 0.3) is 61.1 Å². The first-order valence-corrected chi connectivity index (χ1v) is 14.3. The van der Waals surface area contributed by atoms with Gasteiger partial charge in [0.25, 0.3) is 0 Å². The summed E-state index contributed by atoms with van der Waals surface area (Å²) in [4.78, 5) is 13.4. The van der Waals surface area contributed by atoms with Gasteiger partial charge in [0, 0.05) is 22.0 Å². The Morgan fingerprint density at radius 1 is 0.558 bits per heavy atom. The summed E-state index contributed by atoms with van der Waals surface area (Å²) in [6.45, 7) is 7.92. The average molecular weight is 556 g/mol. The van der Waals surface area contributed by atoms with Crippen molar-refractivity contribution in [2.45, 2.75) is 27.7 Å². The molecule has 0 amide bonds. The fourth-order valence-corrected chi connectivity index (χ4v) is 6.00. The molecule has 0 N–H and O–H groups in total. The maximum absolute atomic E-state index is 10.3. The zero-order valence-corrected chi connectivity index (χ0v) is 24.6. The molecule has 206 valence electrons. The van der Waals surface area contributed by atoms with Crippen LogP contribution in [0.5, 0.6) is 0 Å². The monoisotopic (exact) mass is 555 g/mol. The average Bonchev–Trinajstić information content (AvgIpc) is 3.33. The van der Waals surface area contributed by atoms with Crippen LogP contribution in [0.15, 0.2) is 103 Å². The predicted molar refractivity (Wildman–Crippen MR) is 174 cm³/mol. The standard InChI is InChI=1S/C38H29N5/c1-23-7-5-9-27(17-23)29-11-14-34-35-15-12-30(28-10-6-8-24(2)18-28)21-37(35)43(36(34)20-29)32-13-16-33(31(19-32)22-39)38-41-25(3)40-26(4)42-38/h5-21H,1-4H3. The smallest absolute Gasteiger partial charge is 0.164 e. The van der Waals surface area contributed by atoms with Gasteiger partial charge < -0.3 is 4.57 Å². The predicted octanol–water partition coefficient (Wildman–Crippen LogP) is 9.08. The first-order chi connectivity index (χ1) is 20.9. The van der Waals surface area contributed by atoms with Crippen molar-refractivity contribution < 1.29 is 0 Å². The second kappa shape index (κ2) is 10.3. The van der Waals surface area contributed by atoms with E-state index in [1.54, 1.807) is 0 Å². The zero-order chi connectivity index (χ0) is 29.7. The third-order valence-electron chi connectivity index (χ3n) is 7.95. The van der Waals surface area contributed by atoms with E-state index in [-0.39, 0.29) is 0 Å². The van der Waals surface area contributed by atoms with E-state index >= 15 is 0 Å². The van der Waals surface area contributed by atoms with Crippen LogP contribution in [0.4, 0.5) is 0 Å². The molecular formula is C38H29N5. The maximum atomic E-state index is 10.3. The third kappa shape index (κ3) is 4.73. The Kier molecular flexibility index (Phi) is 6.33. The van der Waals surface area contributed by atoms with E-state index in [0.717, 1.165) is 38.6 Å². The highest BCUT2D eigenvalue weighted by molar-refractivity contribution is 6.11. The normalized spacial score (nSPS) is 11.2.